The molecule has 3 aromatic rings. The number of rotatable bonds is 8. The fourth-order valence-electron chi connectivity index (χ4n) is 2.48. The number of halogens is 2. The van der Waals surface area contributed by atoms with Gasteiger partial charge < -0.3 is 10.1 Å². The summed E-state index contributed by atoms with van der Waals surface area (Å²) in [5, 5.41) is 6.97. The first-order valence-corrected chi connectivity index (χ1v) is 9.70. The molecule has 2 amide bonds. The number of carbonyl (C=O) groups is 2. The molecule has 8 heteroatoms. The van der Waals surface area contributed by atoms with E-state index in [-0.39, 0.29) is 12.1 Å². The van der Waals surface area contributed by atoms with Gasteiger partial charge in [0.05, 0.1) is 12.8 Å². The van der Waals surface area contributed by atoms with Crippen LogP contribution in [-0.2, 0) is 11.4 Å². The number of ether oxygens (including phenoxy) is 1. The lowest BCUT2D eigenvalue weighted by Gasteiger charge is -2.06. The highest BCUT2D eigenvalue weighted by molar-refractivity contribution is 6.30. The lowest BCUT2D eigenvalue weighted by Crippen LogP contribution is -2.34. The molecule has 0 bridgehead atoms. The van der Waals surface area contributed by atoms with E-state index in [2.05, 4.69) is 15.8 Å². The van der Waals surface area contributed by atoms with Gasteiger partial charge in [0, 0.05) is 10.6 Å². The van der Waals surface area contributed by atoms with Gasteiger partial charge in [0.15, 0.2) is 0 Å². The van der Waals surface area contributed by atoms with E-state index >= 15 is 0 Å². The van der Waals surface area contributed by atoms with Crippen LogP contribution in [0.1, 0.15) is 21.5 Å². The second kappa shape index (κ2) is 10.9. The second-order valence-corrected chi connectivity index (χ2v) is 6.90. The van der Waals surface area contributed by atoms with Crippen LogP contribution in [0.15, 0.2) is 77.9 Å². The van der Waals surface area contributed by atoms with Crippen LogP contribution in [0.4, 0.5) is 4.39 Å². The summed E-state index contributed by atoms with van der Waals surface area (Å²) in [6, 6.07) is 19.6. The fourth-order valence-corrected chi connectivity index (χ4v) is 2.61. The van der Waals surface area contributed by atoms with Crippen molar-refractivity contribution in [1.82, 2.24) is 10.7 Å². The molecule has 0 saturated heterocycles. The normalized spacial score (nSPS) is 10.6. The molecule has 0 aliphatic carbocycles. The molecule has 2 N–H and O–H groups in total. The summed E-state index contributed by atoms with van der Waals surface area (Å²) >= 11 is 5.86. The molecular weight excluding hydrogens is 421 g/mol. The molecule has 0 fully saturated rings. The summed E-state index contributed by atoms with van der Waals surface area (Å²) in [4.78, 5) is 23.7. The molecule has 6 nitrogen and oxygen atoms in total. The van der Waals surface area contributed by atoms with Gasteiger partial charge in [-0.2, -0.15) is 5.10 Å². The third-order valence-electron chi connectivity index (χ3n) is 4.12. The highest BCUT2D eigenvalue weighted by Gasteiger charge is 2.07. The summed E-state index contributed by atoms with van der Waals surface area (Å²) < 4.78 is 18.6. The molecular formula is C23H19ClFN3O3. The standard InChI is InChI=1S/C23H19ClFN3O3/c24-19-7-1-17(2-8-19)15-31-21-11-3-16(4-12-21)13-27-28-22(29)14-26-23(30)18-5-9-20(25)10-6-18/h1-13H,14-15H2,(H,26,30)(H,28,29). The van der Waals surface area contributed by atoms with E-state index in [1.165, 1.54) is 30.5 Å². The van der Waals surface area contributed by atoms with Gasteiger partial charge in [0.2, 0.25) is 0 Å². The van der Waals surface area contributed by atoms with E-state index < -0.39 is 17.6 Å². The van der Waals surface area contributed by atoms with E-state index in [4.69, 9.17) is 16.3 Å². The van der Waals surface area contributed by atoms with Crippen molar-refractivity contribution in [3.8, 4) is 5.75 Å². The van der Waals surface area contributed by atoms with Gasteiger partial charge >= 0.3 is 0 Å². The Bertz CT molecular complexity index is 1050. The maximum atomic E-state index is 12.9. The Morgan fingerprint density at radius 2 is 1.65 bits per heavy atom. The lowest BCUT2D eigenvalue weighted by atomic mass is 10.2. The maximum Gasteiger partial charge on any atom is 0.259 e. The van der Waals surface area contributed by atoms with E-state index in [9.17, 15) is 14.0 Å². The number of nitrogens with one attached hydrogen (secondary N) is 2. The number of carbonyl (C=O) groups excluding carboxylic acids is 2. The van der Waals surface area contributed by atoms with Gasteiger partial charge in [-0.3, -0.25) is 9.59 Å². The number of hydrazone groups is 1. The van der Waals surface area contributed by atoms with Crippen molar-refractivity contribution in [3.05, 3.63) is 100 Å². The largest absolute Gasteiger partial charge is 0.489 e. The van der Waals surface area contributed by atoms with Crippen LogP contribution < -0.4 is 15.5 Å². The van der Waals surface area contributed by atoms with E-state index in [0.717, 1.165) is 11.1 Å². The molecule has 0 aromatic heterocycles. The molecule has 0 spiro atoms. The van der Waals surface area contributed by atoms with Gasteiger partial charge in [-0.05, 0) is 71.8 Å². The summed E-state index contributed by atoms with van der Waals surface area (Å²) in [5.74, 6) is -0.715. The van der Waals surface area contributed by atoms with Crippen molar-refractivity contribution < 1.29 is 18.7 Å². The molecule has 158 valence electrons. The summed E-state index contributed by atoms with van der Waals surface area (Å²) in [6.07, 6.45) is 1.47. The van der Waals surface area contributed by atoms with Crippen LogP contribution in [-0.4, -0.2) is 24.6 Å². The van der Waals surface area contributed by atoms with Crippen LogP contribution in [0.5, 0.6) is 5.75 Å². The zero-order valence-corrected chi connectivity index (χ0v) is 17.1. The van der Waals surface area contributed by atoms with Crippen molar-refractivity contribution in [2.24, 2.45) is 5.10 Å². The Kier molecular flexibility index (Phi) is 7.73. The maximum absolute atomic E-state index is 12.9. The first-order valence-electron chi connectivity index (χ1n) is 9.32. The Hall–Kier alpha value is -3.71. The molecule has 3 aromatic carbocycles. The van der Waals surface area contributed by atoms with E-state index in [1.54, 1.807) is 24.3 Å². The SMILES string of the molecule is O=C(CNC(=O)c1ccc(F)cc1)NN=Cc1ccc(OCc2ccc(Cl)cc2)cc1. The molecule has 0 radical (unpaired) electrons. The summed E-state index contributed by atoms with van der Waals surface area (Å²) in [6.45, 7) is 0.162. The highest BCUT2D eigenvalue weighted by Crippen LogP contribution is 2.15. The highest BCUT2D eigenvalue weighted by atomic mass is 35.5. The third-order valence-corrected chi connectivity index (χ3v) is 4.37. The minimum atomic E-state index is -0.491. The average Bonchev–Trinajstić information content (AvgIpc) is 2.78. The molecule has 0 saturated carbocycles. The Labute approximate surface area is 183 Å². The summed E-state index contributed by atoms with van der Waals surface area (Å²) in [5.41, 5.74) is 4.35. The van der Waals surface area contributed by atoms with Crippen LogP contribution in [0.25, 0.3) is 0 Å². The van der Waals surface area contributed by atoms with Crippen LogP contribution in [0.3, 0.4) is 0 Å². The van der Waals surface area contributed by atoms with Crippen LogP contribution in [0.2, 0.25) is 5.02 Å². The molecule has 0 heterocycles. The van der Waals surface area contributed by atoms with Gasteiger partial charge in [-0.25, -0.2) is 9.82 Å². The molecule has 0 aliphatic rings. The average molecular weight is 440 g/mol. The quantitative estimate of drug-likeness (QED) is 0.412. The van der Waals surface area contributed by atoms with Crippen molar-refractivity contribution in [1.29, 1.82) is 0 Å². The molecule has 0 aliphatic heterocycles. The minimum Gasteiger partial charge on any atom is -0.489 e. The van der Waals surface area contributed by atoms with E-state index in [1.807, 2.05) is 24.3 Å². The lowest BCUT2D eigenvalue weighted by molar-refractivity contribution is -0.120. The van der Waals surface area contributed by atoms with Crippen molar-refractivity contribution >= 4 is 29.6 Å². The number of nitrogens with zero attached hydrogens (tertiary/aromatic N) is 1. The summed E-state index contributed by atoms with van der Waals surface area (Å²) in [7, 11) is 0. The predicted molar refractivity (Wildman–Crippen MR) is 117 cm³/mol. The first-order chi connectivity index (χ1) is 15.0. The third kappa shape index (κ3) is 7.24. The zero-order chi connectivity index (χ0) is 22.1. The monoisotopic (exact) mass is 439 g/mol. The van der Waals surface area contributed by atoms with Gasteiger partial charge in [0.25, 0.3) is 11.8 Å². The fraction of sp³-hybridized carbons (Fsp3) is 0.0870. The number of hydrogen-bond acceptors (Lipinski definition) is 4. The number of amides is 2. The zero-order valence-electron chi connectivity index (χ0n) is 16.3. The Balaban J connectivity index is 1.40. The van der Waals surface area contributed by atoms with Crippen LogP contribution >= 0.6 is 11.6 Å². The molecule has 0 atom stereocenters. The molecule has 3 rings (SSSR count). The number of benzene rings is 3. The van der Waals surface area contributed by atoms with E-state index in [0.29, 0.717) is 17.4 Å². The van der Waals surface area contributed by atoms with Crippen molar-refractivity contribution in [2.75, 3.05) is 6.54 Å². The van der Waals surface area contributed by atoms with Crippen molar-refractivity contribution in [2.45, 2.75) is 6.61 Å². The Morgan fingerprint density at radius 1 is 0.968 bits per heavy atom. The van der Waals surface area contributed by atoms with Gasteiger partial charge in [-0.15, -0.1) is 0 Å². The number of hydrogen-bond donors (Lipinski definition) is 2. The second-order valence-electron chi connectivity index (χ2n) is 6.47. The topological polar surface area (TPSA) is 79.8 Å². The minimum absolute atomic E-state index is 0.259. The van der Waals surface area contributed by atoms with Gasteiger partial charge in [0.1, 0.15) is 18.2 Å². The van der Waals surface area contributed by atoms with Crippen LogP contribution in [0, 0.1) is 5.82 Å². The predicted octanol–water partition coefficient (Wildman–Crippen LogP) is 3.94. The Morgan fingerprint density at radius 3 is 2.32 bits per heavy atom. The van der Waals surface area contributed by atoms with Crippen molar-refractivity contribution in [3.63, 3.8) is 0 Å². The smallest absolute Gasteiger partial charge is 0.259 e. The molecule has 31 heavy (non-hydrogen) atoms. The molecule has 0 unspecified atom stereocenters. The van der Waals surface area contributed by atoms with Gasteiger partial charge in [-0.1, -0.05) is 23.7 Å². The first kappa shape index (κ1) is 22.0.